The molecule has 0 radical (unpaired) electrons. The SMILES string of the molecule is CC(C)C[C@H](NC(=O)[C@H](CCCCN)NC(=O)[C@H](Cc1ccccc1)NC(=O)[C@@H](NC(=O)[C@@H](N)CC(=O)O)[C@@H](C)O)C(=O)N[C@H](C(=O)N[C@@H](CO)C(=O)O)[C@@H](C)O. The predicted molar refractivity (Wildman–Crippen MR) is 202 cm³/mol. The highest BCUT2D eigenvalue weighted by Crippen LogP contribution is 2.11. The topological polar surface area (TPSA) is 362 Å². The van der Waals surface area contributed by atoms with Gasteiger partial charge in [-0.25, -0.2) is 4.79 Å². The zero-order valence-electron chi connectivity index (χ0n) is 32.5. The number of nitrogens with one attached hydrogen (secondary N) is 6. The van der Waals surface area contributed by atoms with Crippen LogP contribution >= 0.6 is 0 Å². The van der Waals surface area contributed by atoms with Gasteiger partial charge in [0.25, 0.3) is 0 Å². The number of aliphatic hydroxyl groups excluding tert-OH is 3. The van der Waals surface area contributed by atoms with Crippen molar-refractivity contribution in [1.82, 2.24) is 31.9 Å². The number of rotatable bonds is 26. The quantitative estimate of drug-likeness (QED) is 0.0396. The van der Waals surface area contributed by atoms with Crippen LogP contribution in [0.4, 0.5) is 0 Å². The molecule has 57 heavy (non-hydrogen) atoms. The second kappa shape index (κ2) is 25.1. The zero-order chi connectivity index (χ0) is 43.4. The number of unbranched alkanes of at least 4 members (excludes halogenated alkanes) is 1. The highest BCUT2D eigenvalue weighted by molar-refractivity contribution is 5.97. The number of aliphatic carboxylic acids is 2. The average molecular weight is 811 g/mol. The minimum atomic E-state index is -1.73. The van der Waals surface area contributed by atoms with Gasteiger partial charge in [-0.15, -0.1) is 0 Å². The fourth-order valence-electron chi connectivity index (χ4n) is 5.38. The number of hydrogen-bond donors (Lipinski definition) is 13. The molecule has 0 unspecified atom stereocenters. The summed E-state index contributed by atoms with van der Waals surface area (Å²) in [7, 11) is 0. The van der Waals surface area contributed by atoms with E-state index in [9.17, 15) is 58.8 Å². The summed E-state index contributed by atoms with van der Waals surface area (Å²) < 4.78 is 0. The summed E-state index contributed by atoms with van der Waals surface area (Å²) in [4.78, 5) is 103. The highest BCUT2D eigenvalue weighted by Gasteiger charge is 2.36. The smallest absolute Gasteiger partial charge is 0.328 e. The van der Waals surface area contributed by atoms with Crippen molar-refractivity contribution in [1.29, 1.82) is 0 Å². The number of carbonyl (C=O) groups excluding carboxylic acids is 6. The fourth-order valence-corrected chi connectivity index (χ4v) is 5.38. The van der Waals surface area contributed by atoms with Gasteiger partial charge in [-0.3, -0.25) is 33.6 Å². The van der Waals surface area contributed by atoms with Gasteiger partial charge in [-0.05, 0) is 57.6 Å². The Morgan fingerprint density at radius 1 is 0.632 bits per heavy atom. The van der Waals surface area contributed by atoms with Crippen molar-refractivity contribution in [3.63, 3.8) is 0 Å². The van der Waals surface area contributed by atoms with Crippen LogP contribution in [0, 0.1) is 5.92 Å². The van der Waals surface area contributed by atoms with Gasteiger partial charge in [0.1, 0.15) is 36.3 Å². The number of amides is 6. The van der Waals surface area contributed by atoms with Crippen LogP contribution in [0.5, 0.6) is 0 Å². The summed E-state index contributed by atoms with van der Waals surface area (Å²) in [6.07, 6.45) is -3.16. The molecule has 0 fully saturated rings. The third-order valence-electron chi connectivity index (χ3n) is 8.49. The van der Waals surface area contributed by atoms with E-state index in [1.807, 2.05) is 5.32 Å². The molecule has 0 aromatic heterocycles. The van der Waals surface area contributed by atoms with Crippen LogP contribution < -0.4 is 43.4 Å². The Hall–Kier alpha value is -5.22. The van der Waals surface area contributed by atoms with Gasteiger partial charge in [-0.2, -0.15) is 0 Å². The summed E-state index contributed by atoms with van der Waals surface area (Å²) in [5.41, 5.74) is 11.8. The second-order valence-corrected chi connectivity index (χ2v) is 14.0. The Balaban J connectivity index is 3.41. The molecule has 0 aliphatic heterocycles. The number of carbonyl (C=O) groups is 8. The molecule has 6 amide bonds. The van der Waals surface area contributed by atoms with Crippen molar-refractivity contribution in [2.45, 2.75) is 121 Å². The summed E-state index contributed by atoms with van der Waals surface area (Å²) in [5.74, 6) is -8.98. The molecule has 1 aromatic carbocycles. The lowest BCUT2D eigenvalue weighted by Gasteiger charge is -2.29. The van der Waals surface area contributed by atoms with Gasteiger partial charge in [-0.1, -0.05) is 44.2 Å². The maximum atomic E-state index is 14.0. The first-order chi connectivity index (χ1) is 26.7. The average Bonchev–Trinajstić information content (AvgIpc) is 3.13. The predicted octanol–water partition coefficient (Wildman–Crippen LogP) is -4.05. The lowest BCUT2D eigenvalue weighted by molar-refractivity contribution is -0.144. The number of carboxylic acid groups (broad SMARTS) is 2. The van der Waals surface area contributed by atoms with E-state index in [0.717, 1.165) is 6.92 Å². The molecule has 320 valence electrons. The van der Waals surface area contributed by atoms with Crippen LogP contribution in [0.2, 0.25) is 0 Å². The van der Waals surface area contributed by atoms with Crippen molar-refractivity contribution >= 4 is 47.4 Å². The molecule has 9 atom stereocenters. The van der Waals surface area contributed by atoms with Crippen molar-refractivity contribution in [2.24, 2.45) is 17.4 Å². The van der Waals surface area contributed by atoms with E-state index in [2.05, 4.69) is 26.6 Å². The molecule has 1 aromatic rings. The standard InChI is InChI=1S/C36H58N8O13/c1-18(2)14-24(33(53)44-29(20(4)47)35(55)42-26(17-45)36(56)57)40-31(51)23(12-8-9-13-37)39-32(52)25(15-21-10-6-5-7-11-21)41-34(54)28(19(3)46)43-30(50)22(38)16-27(48)49/h5-7,10-11,18-20,22-26,28-29,45-47H,8-9,12-17,37-38H2,1-4H3,(H,39,52)(H,40,51)(H,41,54)(H,42,55)(H,43,50)(H,44,53)(H,48,49)(H,56,57)/t19-,20-,22+,23+,24+,25+,26+,28+,29+/m1/s1. The van der Waals surface area contributed by atoms with E-state index < -0.39 is 115 Å². The van der Waals surface area contributed by atoms with Crippen molar-refractivity contribution < 1.29 is 63.9 Å². The first-order valence-electron chi connectivity index (χ1n) is 18.5. The number of hydrogen-bond acceptors (Lipinski definition) is 13. The van der Waals surface area contributed by atoms with Crippen LogP contribution in [0.1, 0.15) is 65.4 Å². The number of nitrogens with two attached hydrogens (primary N) is 2. The zero-order valence-corrected chi connectivity index (χ0v) is 32.5. The normalized spacial score (nSPS) is 15.9. The monoisotopic (exact) mass is 810 g/mol. The Bertz CT molecular complexity index is 1510. The van der Waals surface area contributed by atoms with Crippen LogP contribution in [0.3, 0.4) is 0 Å². The Morgan fingerprint density at radius 3 is 1.58 bits per heavy atom. The maximum Gasteiger partial charge on any atom is 0.328 e. The van der Waals surface area contributed by atoms with E-state index in [1.54, 1.807) is 44.2 Å². The second-order valence-electron chi connectivity index (χ2n) is 14.0. The minimum absolute atomic E-state index is 0.0127. The third kappa shape index (κ3) is 18.1. The highest BCUT2D eigenvalue weighted by atomic mass is 16.4. The molecule has 21 heteroatoms. The van der Waals surface area contributed by atoms with E-state index in [1.165, 1.54) is 6.92 Å². The fraction of sp³-hybridized carbons (Fsp3) is 0.611. The van der Waals surface area contributed by atoms with E-state index in [-0.39, 0.29) is 31.7 Å². The molecule has 0 aliphatic rings. The molecular weight excluding hydrogens is 752 g/mol. The van der Waals surface area contributed by atoms with Gasteiger partial charge in [0, 0.05) is 6.42 Å². The number of carboxylic acids is 2. The van der Waals surface area contributed by atoms with Crippen LogP contribution in [0.15, 0.2) is 30.3 Å². The van der Waals surface area contributed by atoms with Crippen LogP contribution in [-0.2, 0) is 44.8 Å². The summed E-state index contributed by atoms with van der Waals surface area (Å²) in [6, 6.07) is -2.31. The molecule has 0 aliphatic carbocycles. The maximum absolute atomic E-state index is 14.0. The lowest BCUT2D eigenvalue weighted by atomic mass is 10.00. The Labute approximate surface area is 330 Å². The Morgan fingerprint density at radius 2 is 1.11 bits per heavy atom. The van der Waals surface area contributed by atoms with Crippen molar-refractivity contribution in [3.8, 4) is 0 Å². The van der Waals surface area contributed by atoms with E-state index >= 15 is 0 Å². The van der Waals surface area contributed by atoms with Gasteiger partial charge in [0.15, 0.2) is 0 Å². The van der Waals surface area contributed by atoms with E-state index in [0.29, 0.717) is 18.4 Å². The largest absolute Gasteiger partial charge is 0.481 e. The lowest BCUT2D eigenvalue weighted by Crippen LogP contribution is -2.62. The summed E-state index contributed by atoms with van der Waals surface area (Å²) in [5, 5.41) is 62.3. The molecule has 0 saturated carbocycles. The molecule has 0 saturated heterocycles. The van der Waals surface area contributed by atoms with Crippen molar-refractivity contribution in [3.05, 3.63) is 35.9 Å². The van der Waals surface area contributed by atoms with Gasteiger partial charge < -0.3 is 68.9 Å². The van der Waals surface area contributed by atoms with Crippen molar-refractivity contribution in [2.75, 3.05) is 13.2 Å². The third-order valence-corrected chi connectivity index (χ3v) is 8.49. The molecular formula is C36H58N8O13. The number of aliphatic hydroxyl groups is 3. The minimum Gasteiger partial charge on any atom is -0.481 e. The molecule has 15 N–H and O–H groups in total. The van der Waals surface area contributed by atoms with Gasteiger partial charge >= 0.3 is 11.9 Å². The Kier molecular flexibility index (Phi) is 21.9. The van der Waals surface area contributed by atoms with Gasteiger partial charge in [0.05, 0.1) is 31.3 Å². The summed E-state index contributed by atoms with van der Waals surface area (Å²) in [6.45, 7) is 5.10. The molecule has 0 heterocycles. The first kappa shape index (κ1) is 49.8. The van der Waals surface area contributed by atoms with Crippen LogP contribution in [-0.4, -0.2) is 141 Å². The number of benzene rings is 1. The molecule has 21 nitrogen and oxygen atoms in total. The molecule has 0 spiro atoms. The molecule has 1 rings (SSSR count). The first-order valence-corrected chi connectivity index (χ1v) is 18.5. The van der Waals surface area contributed by atoms with E-state index in [4.69, 9.17) is 16.6 Å². The molecule has 0 bridgehead atoms. The van der Waals surface area contributed by atoms with Crippen LogP contribution in [0.25, 0.3) is 0 Å². The van der Waals surface area contributed by atoms with Gasteiger partial charge in [0.2, 0.25) is 35.4 Å². The summed E-state index contributed by atoms with van der Waals surface area (Å²) >= 11 is 0.